The second kappa shape index (κ2) is 8.08. The first-order chi connectivity index (χ1) is 12.8. The number of halogens is 2. The van der Waals surface area contributed by atoms with Gasteiger partial charge in [-0.2, -0.15) is 0 Å². The maximum Gasteiger partial charge on any atom is 0.294 e. The van der Waals surface area contributed by atoms with Crippen molar-refractivity contribution < 1.29 is 23.9 Å². The number of phenols is 1. The van der Waals surface area contributed by atoms with E-state index in [-0.39, 0.29) is 27.2 Å². The predicted octanol–water partition coefficient (Wildman–Crippen LogP) is 3.64. The first kappa shape index (κ1) is 19.3. The second-order valence-corrected chi connectivity index (χ2v) is 7.26. The summed E-state index contributed by atoms with van der Waals surface area (Å²) < 4.78 is 5.09. The molecule has 0 bridgehead atoms. The van der Waals surface area contributed by atoms with Crippen LogP contribution in [0.5, 0.6) is 5.75 Å². The normalized spacial score (nSPS) is 15.6. The Labute approximate surface area is 167 Å². The van der Waals surface area contributed by atoms with E-state index in [1.807, 2.05) is 0 Å². The average Bonchev–Trinajstić information content (AvgIpc) is 3.22. The molecule has 1 saturated heterocycles. The molecule has 0 unspecified atom stereocenters. The molecule has 3 amide bonds. The van der Waals surface area contributed by atoms with Crippen molar-refractivity contribution in [3.63, 3.8) is 0 Å². The van der Waals surface area contributed by atoms with Gasteiger partial charge in [-0.05, 0) is 47.7 Å². The SMILES string of the molecule is O=C(CN1C(=O)S/C(=C\c2cc(Cl)c(O)c(Cl)c2)C1=O)NCc1ccco1. The number of thioether (sulfide) groups is 1. The van der Waals surface area contributed by atoms with E-state index < -0.39 is 23.6 Å². The number of carbonyl (C=O) groups is 3. The van der Waals surface area contributed by atoms with Crippen molar-refractivity contribution in [3.8, 4) is 5.75 Å². The van der Waals surface area contributed by atoms with Crippen LogP contribution in [0.3, 0.4) is 0 Å². The molecule has 2 heterocycles. The van der Waals surface area contributed by atoms with Crippen molar-refractivity contribution in [1.82, 2.24) is 10.2 Å². The highest BCUT2D eigenvalue weighted by atomic mass is 35.5. The van der Waals surface area contributed by atoms with E-state index >= 15 is 0 Å². The highest BCUT2D eigenvalue weighted by Gasteiger charge is 2.36. The smallest absolute Gasteiger partial charge is 0.294 e. The predicted molar refractivity (Wildman–Crippen MR) is 101 cm³/mol. The Kier molecular flexibility index (Phi) is 5.79. The van der Waals surface area contributed by atoms with Crippen LogP contribution in [0.4, 0.5) is 4.79 Å². The summed E-state index contributed by atoms with van der Waals surface area (Å²) in [5.41, 5.74) is 0.440. The maximum atomic E-state index is 12.4. The molecule has 10 heteroatoms. The Morgan fingerprint density at radius 1 is 1.30 bits per heavy atom. The van der Waals surface area contributed by atoms with Gasteiger partial charge in [-0.15, -0.1) is 0 Å². The lowest BCUT2D eigenvalue weighted by molar-refractivity contribution is -0.129. The van der Waals surface area contributed by atoms with E-state index in [0.717, 1.165) is 4.90 Å². The third-order valence-electron chi connectivity index (χ3n) is 3.55. The number of hydrogen-bond donors (Lipinski definition) is 2. The zero-order chi connectivity index (χ0) is 19.6. The molecule has 2 N–H and O–H groups in total. The van der Waals surface area contributed by atoms with Gasteiger partial charge in [0.05, 0.1) is 27.8 Å². The number of carbonyl (C=O) groups excluding carboxylic acids is 3. The number of rotatable bonds is 5. The van der Waals surface area contributed by atoms with Crippen LogP contribution in [0.2, 0.25) is 10.0 Å². The van der Waals surface area contributed by atoms with Gasteiger partial charge in [0.15, 0.2) is 5.75 Å². The Balaban J connectivity index is 1.68. The number of phenolic OH excluding ortho intramolecular Hbond substituents is 1. The zero-order valence-electron chi connectivity index (χ0n) is 13.6. The van der Waals surface area contributed by atoms with Gasteiger partial charge in [-0.25, -0.2) is 0 Å². The fourth-order valence-corrected chi connectivity index (χ4v) is 3.60. The summed E-state index contributed by atoms with van der Waals surface area (Å²) in [6.45, 7) is -0.248. The molecule has 1 aliphatic rings. The largest absolute Gasteiger partial charge is 0.505 e. The Hall–Kier alpha value is -2.42. The van der Waals surface area contributed by atoms with E-state index in [1.165, 1.54) is 24.5 Å². The van der Waals surface area contributed by atoms with E-state index in [0.29, 0.717) is 23.1 Å². The van der Waals surface area contributed by atoms with Gasteiger partial charge >= 0.3 is 0 Å². The summed E-state index contributed by atoms with van der Waals surface area (Å²) >= 11 is 12.4. The molecule has 0 saturated carbocycles. The minimum absolute atomic E-state index is 0.0188. The summed E-state index contributed by atoms with van der Waals surface area (Å²) in [7, 11) is 0. The fourth-order valence-electron chi connectivity index (χ4n) is 2.25. The van der Waals surface area contributed by atoms with Crippen LogP contribution in [-0.2, 0) is 16.1 Å². The lowest BCUT2D eigenvalue weighted by Crippen LogP contribution is -2.39. The highest BCUT2D eigenvalue weighted by molar-refractivity contribution is 8.18. The number of amides is 3. The van der Waals surface area contributed by atoms with Crippen LogP contribution in [0.15, 0.2) is 39.9 Å². The van der Waals surface area contributed by atoms with Crippen LogP contribution in [0.1, 0.15) is 11.3 Å². The van der Waals surface area contributed by atoms with Gasteiger partial charge in [0, 0.05) is 0 Å². The number of hydrogen-bond acceptors (Lipinski definition) is 6. The molecule has 1 aromatic heterocycles. The van der Waals surface area contributed by atoms with E-state index in [1.54, 1.807) is 12.1 Å². The van der Waals surface area contributed by atoms with Crippen LogP contribution < -0.4 is 5.32 Å². The summed E-state index contributed by atoms with van der Waals surface area (Å²) in [4.78, 5) is 37.5. The Morgan fingerprint density at radius 2 is 2.00 bits per heavy atom. The maximum absolute atomic E-state index is 12.4. The van der Waals surface area contributed by atoms with Gasteiger partial charge in [0.25, 0.3) is 11.1 Å². The lowest BCUT2D eigenvalue weighted by atomic mass is 10.2. The third-order valence-corrected chi connectivity index (χ3v) is 5.04. The Bertz CT molecular complexity index is 920. The first-order valence-electron chi connectivity index (χ1n) is 7.57. The number of imide groups is 1. The molecule has 0 radical (unpaired) electrons. The summed E-state index contributed by atoms with van der Waals surface area (Å²) in [6.07, 6.45) is 2.90. The highest BCUT2D eigenvalue weighted by Crippen LogP contribution is 2.36. The second-order valence-electron chi connectivity index (χ2n) is 5.46. The molecule has 1 aliphatic heterocycles. The molecular weight excluding hydrogens is 415 g/mol. The third kappa shape index (κ3) is 4.47. The lowest BCUT2D eigenvalue weighted by Gasteiger charge is -2.11. The fraction of sp³-hybridized carbons (Fsp3) is 0.118. The van der Waals surface area contributed by atoms with Crippen molar-refractivity contribution >= 4 is 58.1 Å². The average molecular weight is 427 g/mol. The minimum Gasteiger partial charge on any atom is -0.505 e. The molecule has 7 nitrogen and oxygen atoms in total. The molecule has 2 aromatic rings. The van der Waals surface area contributed by atoms with Crippen LogP contribution in [0.25, 0.3) is 6.08 Å². The number of furan rings is 1. The molecule has 1 fully saturated rings. The standard InChI is InChI=1S/C17H12Cl2N2O5S/c18-11-4-9(5-12(19)15(11)23)6-13-16(24)21(17(25)27-13)8-14(22)20-7-10-2-1-3-26-10/h1-6,23H,7-8H2,(H,20,22)/b13-6-. The van der Waals surface area contributed by atoms with Gasteiger partial charge in [0.2, 0.25) is 5.91 Å². The number of nitrogens with one attached hydrogen (secondary N) is 1. The molecule has 27 heavy (non-hydrogen) atoms. The van der Waals surface area contributed by atoms with E-state index in [2.05, 4.69) is 5.32 Å². The Morgan fingerprint density at radius 3 is 2.63 bits per heavy atom. The van der Waals surface area contributed by atoms with Crippen molar-refractivity contribution in [2.24, 2.45) is 0 Å². The monoisotopic (exact) mass is 426 g/mol. The van der Waals surface area contributed by atoms with Crippen molar-refractivity contribution in [2.75, 3.05) is 6.54 Å². The molecule has 0 aliphatic carbocycles. The number of nitrogens with zero attached hydrogens (tertiary/aromatic N) is 1. The van der Waals surface area contributed by atoms with Gasteiger partial charge in [0.1, 0.15) is 12.3 Å². The molecule has 1 aromatic carbocycles. The van der Waals surface area contributed by atoms with Crippen LogP contribution in [-0.4, -0.2) is 33.6 Å². The topological polar surface area (TPSA) is 99.9 Å². The van der Waals surface area contributed by atoms with Crippen molar-refractivity contribution in [2.45, 2.75) is 6.54 Å². The molecule has 3 rings (SSSR count). The molecular formula is C17H12Cl2N2O5S. The van der Waals surface area contributed by atoms with Crippen molar-refractivity contribution in [3.05, 3.63) is 56.8 Å². The van der Waals surface area contributed by atoms with Gasteiger partial charge < -0.3 is 14.8 Å². The molecule has 140 valence electrons. The number of aromatic hydroxyl groups is 1. The van der Waals surface area contributed by atoms with Crippen LogP contribution >= 0.6 is 35.0 Å². The molecule has 0 spiro atoms. The summed E-state index contributed by atoms with van der Waals surface area (Å²) in [5, 5.41) is 11.6. The number of benzene rings is 1. The van der Waals surface area contributed by atoms with Gasteiger partial charge in [-0.1, -0.05) is 23.2 Å². The van der Waals surface area contributed by atoms with Gasteiger partial charge in [-0.3, -0.25) is 19.3 Å². The minimum atomic E-state index is -0.599. The summed E-state index contributed by atoms with van der Waals surface area (Å²) in [6, 6.07) is 6.20. The van der Waals surface area contributed by atoms with Crippen LogP contribution in [0, 0.1) is 0 Å². The van der Waals surface area contributed by atoms with E-state index in [9.17, 15) is 19.5 Å². The first-order valence-corrected chi connectivity index (χ1v) is 9.15. The summed E-state index contributed by atoms with van der Waals surface area (Å²) in [5.74, 6) is -0.806. The zero-order valence-corrected chi connectivity index (χ0v) is 15.9. The van der Waals surface area contributed by atoms with Crippen molar-refractivity contribution in [1.29, 1.82) is 0 Å². The molecule has 0 atom stereocenters. The van der Waals surface area contributed by atoms with E-state index in [4.69, 9.17) is 27.6 Å². The quantitative estimate of drug-likeness (QED) is 0.707.